The van der Waals surface area contributed by atoms with Gasteiger partial charge in [-0.05, 0) is 75.1 Å². The minimum atomic E-state index is -1.62. The summed E-state index contributed by atoms with van der Waals surface area (Å²) in [4.78, 5) is 34.8. The van der Waals surface area contributed by atoms with Crippen molar-refractivity contribution in [3.8, 4) is 22.8 Å². The molecule has 0 bridgehead atoms. The number of hydrogen-bond acceptors (Lipinski definition) is 7. The van der Waals surface area contributed by atoms with Gasteiger partial charge in [0, 0.05) is 22.1 Å². The van der Waals surface area contributed by atoms with Crippen LogP contribution in [0.1, 0.15) is 47.1 Å². The number of carbonyl (C=O) groups excluding carboxylic acids is 2. The average molecular weight is 642 g/mol. The number of benzene rings is 2. The summed E-state index contributed by atoms with van der Waals surface area (Å²) in [6.07, 6.45) is 1.18. The molecule has 1 fully saturated rings. The molecule has 5 rings (SSSR count). The van der Waals surface area contributed by atoms with E-state index in [2.05, 4.69) is 10.3 Å². The lowest BCUT2D eigenvalue weighted by atomic mass is 9.90. The zero-order valence-electron chi connectivity index (χ0n) is 24.3. The van der Waals surface area contributed by atoms with Crippen LogP contribution in [0.4, 0.5) is 4.39 Å². The van der Waals surface area contributed by atoms with Gasteiger partial charge in [-0.15, -0.1) is 0 Å². The molecule has 4 aromatic rings. The topological polar surface area (TPSA) is 137 Å². The molecular formula is C32H31Cl2FN4O5. The number of aliphatic hydroxyl groups is 1. The van der Waals surface area contributed by atoms with Crippen molar-refractivity contribution in [2.45, 2.75) is 38.7 Å². The lowest BCUT2D eigenvalue weighted by molar-refractivity contribution is -0.117. The van der Waals surface area contributed by atoms with Gasteiger partial charge in [0.1, 0.15) is 34.1 Å². The van der Waals surface area contributed by atoms with Crippen LogP contribution in [0.2, 0.25) is 10.0 Å². The molecule has 0 spiro atoms. The zero-order valence-corrected chi connectivity index (χ0v) is 25.9. The molecule has 0 unspecified atom stereocenters. The van der Waals surface area contributed by atoms with Crippen LogP contribution in [-0.2, 0) is 16.8 Å². The molecule has 4 N–H and O–H groups in total. The number of hydrogen-bond donors (Lipinski definition) is 3. The number of nitrogens with one attached hydrogen (secondary N) is 1. The first-order chi connectivity index (χ1) is 20.9. The number of methoxy groups -OCH3 is 1. The molecule has 9 nitrogen and oxygen atoms in total. The molecule has 230 valence electrons. The van der Waals surface area contributed by atoms with Gasteiger partial charge in [0.2, 0.25) is 5.91 Å². The lowest BCUT2D eigenvalue weighted by Gasteiger charge is -2.30. The molecule has 1 aliphatic rings. The number of rotatable bonds is 11. The van der Waals surface area contributed by atoms with Crippen molar-refractivity contribution in [2.24, 2.45) is 11.7 Å². The molecular weight excluding hydrogens is 610 g/mol. The molecule has 0 saturated heterocycles. The largest absolute Gasteiger partial charge is 0.494 e. The van der Waals surface area contributed by atoms with Gasteiger partial charge in [-0.3, -0.25) is 9.59 Å². The highest BCUT2D eigenvalue weighted by atomic mass is 35.5. The number of halogens is 3. The minimum absolute atomic E-state index is 0.129. The normalized spacial score (nSPS) is 14.2. The van der Waals surface area contributed by atoms with Gasteiger partial charge in [0.15, 0.2) is 0 Å². The predicted octanol–water partition coefficient (Wildman–Crippen LogP) is 5.51. The van der Waals surface area contributed by atoms with E-state index in [9.17, 15) is 19.1 Å². The van der Waals surface area contributed by atoms with Crippen molar-refractivity contribution in [1.29, 1.82) is 0 Å². The number of amides is 2. The van der Waals surface area contributed by atoms with Crippen molar-refractivity contribution in [1.82, 2.24) is 15.3 Å². The predicted molar refractivity (Wildman–Crippen MR) is 166 cm³/mol. The second-order valence-electron chi connectivity index (χ2n) is 10.7. The van der Waals surface area contributed by atoms with Gasteiger partial charge in [0.25, 0.3) is 5.91 Å². The van der Waals surface area contributed by atoms with Crippen LogP contribution >= 0.6 is 23.2 Å². The summed E-state index contributed by atoms with van der Waals surface area (Å²) in [5, 5.41) is 15.9. The summed E-state index contributed by atoms with van der Waals surface area (Å²) in [6, 6.07) is 10.6. The van der Waals surface area contributed by atoms with Crippen LogP contribution in [-0.4, -0.2) is 47.2 Å². The van der Waals surface area contributed by atoms with Crippen molar-refractivity contribution in [3.63, 3.8) is 0 Å². The summed E-state index contributed by atoms with van der Waals surface area (Å²) in [6.45, 7) is 3.60. The van der Waals surface area contributed by atoms with Crippen LogP contribution in [0.25, 0.3) is 22.2 Å². The highest BCUT2D eigenvalue weighted by Crippen LogP contribution is 2.47. The Hall–Kier alpha value is -3.99. The third-order valence-corrected chi connectivity index (χ3v) is 8.28. The molecule has 44 heavy (non-hydrogen) atoms. The fraction of sp³-hybridized carbons (Fsp3) is 0.312. The van der Waals surface area contributed by atoms with E-state index in [4.69, 9.17) is 43.4 Å². The van der Waals surface area contributed by atoms with Crippen molar-refractivity contribution >= 4 is 45.9 Å². The summed E-state index contributed by atoms with van der Waals surface area (Å²) in [5.74, 6) is -1.25. The third-order valence-electron chi connectivity index (χ3n) is 7.60. The fourth-order valence-electron chi connectivity index (χ4n) is 5.20. The Morgan fingerprint density at radius 1 is 1.14 bits per heavy atom. The van der Waals surface area contributed by atoms with E-state index in [0.29, 0.717) is 51.3 Å². The number of pyridine rings is 2. The molecule has 0 radical (unpaired) electrons. The van der Waals surface area contributed by atoms with E-state index in [1.807, 2.05) is 0 Å². The highest BCUT2D eigenvalue weighted by Gasteiger charge is 2.47. The maximum atomic E-state index is 14.0. The number of primary amides is 1. The van der Waals surface area contributed by atoms with Gasteiger partial charge in [0.05, 0.1) is 48.1 Å². The van der Waals surface area contributed by atoms with Crippen molar-refractivity contribution in [2.75, 3.05) is 20.3 Å². The average Bonchev–Trinajstić information content (AvgIpc) is 3.84. The van der Waals surface area contributed by atoms with E-state index in [0.717, 1.165) is 0 Å². The Bertz CT molecular complexity index is 1780. The maximum Gasteiger partial charge on any atom is 0.251 e. The van der Waals surface area contributed by atoms with Crippen LogP contribution in [0.3, 0.4) is 0 Å². The quantitative estimate of drug-likeness (QED) is 0.196. The number of aryl methyl sites for hydroxylation is 1. The standard InChI is InChI=1S/C32H31Cl2FN4O5/c1-4-44-30-19(14-27(36)40)13-26(39-29(30)17-5-8-24(35)23(34)10-17)32(42,21-6-7-21)15-37-31(41)20-9-18-11-22(33)16(2)38-28(18)25(12-20)43-3/h5,8-13,21,42H,4,6-7,14-15H2,1-3H3,(H2,36,40)(H,37,41)/t32-/m1/s1. The van der Waals surface area contributed by atoms with Gasteiger partial charge in [-0.25, -0.2) is 14.4 Å². The molecule has 2 amide bonds. The Labute approximate surface area is 263 Å². The maximum absolute atomic E-state index is 14.0. The summed E-state index contributed by atoms with van der Waals surface area (Å²) in [5.41, 5.74) is 6.70. The minimum Gasteiger partial charge on any atom is -0.494 e. The Morgan fingerprint density at radius 2 is 1.89 bits per heavy atom. The number of nitrogens with zero attached hydrogens (tertiary/aromatic N) is 2. The van der Waals surface area contributed by atoms with Crippen LogP contribution in [0.15, 0.2) is 42.5 Å². The first-order valence-corrected chi connectivity index (χ1v) is 14.8. The number of ether oxygens (including phenoxy) is 2. The molecule has 1 aliphatic carbocycles. The molecule has 1 atom stereocenters. The van der Waals surface area contributed by atoms with Gasteiger partial charge in [-0.1, -0.05) is 23.2 Å². The molecule has 0 aliphatic heterocycles. The van der Waals surface area contributed by atoms with E-state index in [1.54, 1.807) is 38.1 Å². The Balaban J connectivity index is 1.55. The van der Waals surface area contributed by atoms with Crippen LogP contribution in [0, 0.1) is 18.7 Å². The summed E-state index contributed by atoms with van der Waals surface area (Å²) in [7, 11) is 1.49. The number of carbonyl (C=O) groups is 2. The Kier molecular flexibility index (Phi) is 8.97. The molecule has 2 aromatic carbocycles. The van der Waals surface area contributed by atoms with Gasteiger partial charge < -0.3 is 25.6 Å². The lowest BCUT2D eigenvalue weighted by Crippen LogP contribution is -2.43. The Morgan fingerprint density at radius 3 is 2.52 bits per heavy atom. The first-order valence-electron chi connectivity index (χ1n) is 14.0. The third kappa shape index (κ3) is 6.29. The monoisotopic (exact) mass is 640 g/mol. The molecule has 12 heteroatoms. The second-order valence-corrected chi connectivity index (χ2v) is 11.6. The SMILES string of the molecule is CCOc1c(CC(N)=O)cc([C@@](O)(CNC(=O)c2cc(OC)c3nc(C)c(Cl)cc3c2)C2CC2)nc1-c1ccc(F)c(Cl)c1. The summed E-state index contributed by atoms with van der Waals surface area (Å²) < 4.78 is 25.4. The molecule has 1 saturated carbocycles. The fourth-order valence-corrected chi connectivity index (χ4v) is 5.54. The van der Waals surface area contributed by atoms with Crippen molar-refractivity contribution < 1.29 is 28.6 Å². The molecule has 2 aromatic heterocycles. The van der Waals surface area contributed by atoms with Gasteiger partial charge >= 0.3 is 0 Å². The van der Waals surface area contributed by atoms with Crippen LogP contribution in [0.5, 0.6) is 11.5 Å². The van der Waals surface area contributed by atoms with E-state index in [1.165, 1.54) is 25.3 Å². The molecule has 2 heterocycles. The van der Waals surface area contributed by atoms with Crippen molar-refractivity contribution in [3.05, 3.63) is 80.8 Å². The van der Waals surface area contributed by atoms with E-state index >= 15 is 0 Å². The zero-order chi connectivity index (χ0) is 31.8. The number of aromatic nitrogens is 2. The second kappa shape index (κ2) is 12.6. The van der Waals surface area contributed by atoms with Crippen LogP contribution < -0.4 is 20.5 Å². The number of nitrogens with two attached hydrogens (primary N) is 1. The summed E-state index contributed by atoms with van der Waals surface area (Å²) >= 11 is 12.4. The van der Waals surface area contributed by atoms with Gasteiger partial charge in [-0.2, -0.15) is 0 Å². The smallest absolute Gasteiger partial charge is 0.251 e. The highest BCUT2D eigenvalue weighted by molar-refractivity contribution is 6.32. The van der Waals surface area contributed by atoms with E-state index in [-0.39, 0.29) is 53.2 Å². The first kappa shape index (κ1) is 31.4. The van der Waals surface area contributed by atoms with E-state index < -0.39 is 23.2 Å². The number of fused-ring (bicyclic) bond motifs is 1.